The molecule has 0 amide bonds. The molecule has 3 rings (SSSR count). The fraction of sp³-hybridized carbons (Fsp3) is 0.188. The van der Waals surface area contributed by atoms with E-state index in [0.29, 0.717) is 0 Å². The maximum Gasteiger partial charge on any atom is 0.0951 e. The van der Waals surface area contributed by atoms with E-state index in [1.165, 1.54) is 11.1 Å². The monoisotopic (exact) mass is 300 g/mol. The van der Waals surface area contributed by atoms with Crippen molar-refractivity contribution in [3.05, 3.63) is 62.6 Å². The lowest BCUT2D eigenvalue weighted by molar-refractivity contribution is 0.716. The van der Waals surface area contributed by atoms with Gasteiger partial charge in [0.1, 0.15) is 0 Å². The van der Waals surface area contributed by atoms with Crippen molar-refractivity contribution in [2.24, 2.45) is 5.73 Å². The topological polar surface area (TPSA) is 38.9 Å². The van der Waals surface area contributed by atoms with Crippen molar-refractivity contribution in [2.45, 2.75) is 19.4 Å². The summed E-state index contributed by atoms with van der Waals surface area (Å²) in [7, 11) is 0. The number of rotatable bonds is 4. The number of aromatic nitrogens is 1. The van der Waals surface area contributed by atoms with E-state index in [4.69, 9.17) is 10.7 Å². The maximum atomic E-state index is 6.29. The normalized spacial score (nSPS) is 12.5. The smallest absolute Gasteiger partial charge is 0.0951 e. The van der Waals surface area contributed by atoms with E-state index in [1.54, 1.807) is 22.7 Å². The Bertz CT molecular complexity index is 685. The van der Waals surface area contributed by atoms with E-state index in [9.17, 15) is 0 Å². The molecule has 1 atom stereocenters. The molecule has 0 saturated heterocycles. The van der Waals surface area contributed by atoms with Gasteiger partial charge in [-0.1, -0.05) is 30.3 Å². The summed E-state index contributed by atoms with van der Waals surface area (Å²) in [6.07, 6.45) is 0.801. The lowest BCUT2D eigenvalue weighted by Crippen LogP contribution is -2.13. The molecule has 0 aliphatic carbocycles. The molecule has 2 N–H and O–H groups in total. The number of nitrogens with zero attached hydrogens (tertiary/aromatic N) is 1. The summed E-state index contributed by atoms with van der Waals surface area (Å²) in [6.45, 7) is 2.11. The molecule has 0 spiro atoms. The average Bonchev–Trinajstić information content (AvgIpc) is 3.09. The molecule has 1 unspecified atom stereocenters. The fourth-order valence-electron chi connectivity index (χ4n) is 2.19. The molecule has 0 saturated carbocycles. The molecule has 3 aromatic rings. The van der Waals surface area contributed by atoms with E-state index < -0.39 is 0 Å². The molecule has 2 aromatic heterocycles. The molecule has 0 bridgehead atoms. The third-order valence-corrected chi connectivity index (χ3v) is 5.06. The second-order valence-electron chi connectivity index (χ2n) is 4.81. The third kappa shape index (κ3) is 2.82. The molecule has 2 heterocycles. The third-order valence-electron chi connectivity index (χ3n) is 3.31. The maximum absolute atomic E-state index is 6.29. The van der Waals surface area contributed by atoms with Crippen molar-refractivity contribution >= 4 is 22.7 Å². The van der Waals surface area contributed by atoms with Crippen LogP contribution < -0.4 is 5.73 Å². The summed E-state index contributed by atoms with van der Waals surface area (Å²) < 4.78 is 0. The predicted molar refractivity (Wildman–Crippen MR) is 87.2 cm³/mol. The highest BCUT2D eigenvalue weighted by Gasteiger charge is 2.13. The zero-order valence-corrected chi connectivity index (χ0v) is 12.9. The van der Waals surface area contributed by atoms with Gasteiger partial charge in [0.05, 0.1) is 10.7 Å². The van der Waals surface area contributed by atoms with Gasteiger partial charge in [-0.2, -0.15) is 11.3 Å². The summed E-state index contributed by atoms with van der Waals surface area (Å²) >= 11 is 3.40. The van der Waals surface area contributed by atoms with Gasteiger partial charge < -0.3 is 5.73 Å². The molecule has 0 fully saturated rings. The highest BCUT2D eigenvalue weighted by atomic mass is 32.1. The first-order valence-electron chi connectivity index (χ1n) is 6.52. The van der Waals surface area contributed by atoms with Gasteiger partial charge in [0.25, 0.3) is 0 Å². The highest BCUT2D eigenvalue weighted by Crippen LogP contribution is 2.27. The number of thiazole rings is 1. The summed E-state index contributed by atoms with van der Waals surface area (Å²) in [5, 5.41) is 7.50. The summed E-state index contributed by atoms with van der Waals surface area (Å²) in [5.41, 5.74) is 11.0. The quantitative estimate of drug-likeness (QED) is 0.774. The zero-order chi connectivity index (χ0) is 13.9. The highest BCUT2D eigenvalue weighted by molar-refractivity contribution is 7.10. The summed E-state index contributed by atoms with van der Waals surface area (Å²) in [5.74, 6) is 0. The zero-order valence-electron chi connectivity index (χ0n) is 11.2. The minimum atomic E-state index is 0.0380. The molecule has 0 aliphatic heterocycles. The van der Waals surface area contributed by atoms with Crippen molar-refractivity contribution < 1.29 is 0 Å². The molecule has 102 valence electrons. The van der Waals surface area contributed by atoms with Crippen LogP contribution in [0, 0.1) is 6.92 Å². The minimum absolute atomic E-state index is 0.0380. The Labute approximate surface area is 126 Å². The first-order chi connectivity index (χ1) is 9.74. The van der Waals surface area contributed by atoms with E-state index in [-0.39, 0.29) is 6.04 Å². The van der Waals surface area contributed by atoms with Gasteiger partial charge in [-0.15, -0.1) is 11.3 Å². The van der Waals surface area contributed by atoms with Crippen LogP contribution in [-0.2, 0) is 6.42 Å². The van der Waals surface area contributed by atoms with Gasteiger partial charge in [-0.3, -0.25) is 0 Å². The first-order valence-corrected chi connectivity index (χ1v) is 8.34. The van der Waals surface area contributed by atoms with Gasteiger partial charge >= 0.3 is 0 Å². The van der Waals surface area contributed by atoms with Crippen LogP contribution in [0.2, 0.25) is 0 Å². The Hall–Kier alpha value is -1.49. The van der Waals surface area contributed by atoms with E-state index in [2.05, 4.69) is 35.2 Å². The predicted octanol–water partition coefficient (Wildman–Crippen LogP) is 4.42. The summed E-state index contributed by atoms with van der Waals surface area (Å²) in [4.78, 5) is 4.70. The Morgan fingerprint density at radius 3 is 2.65 bits per heavy atom. The number of hydrogen-bond acceptors (Lipinski definition) is 4. The van der Waals surface area contributed by atoms with Gasteiger partial charge in [-0.05, 0) is 28.8 Å². The van der Waals surface area contributed by atoms with E-state index in [1.807, 2.05) is 18.2 Å². The van der Waals surface area contributed by atoms with E-state index in [0.717, 1.165) is 22.7 Å². The molecular formula is C16H16N2S2. The molecule has 4 heteroatoms. The molecule has 2 nitrogen and oxygen atoms in total. The fourth-order valence-corrected chi connectivity index (χ4v) is 3.97. The Kier molecular flexibility index (Phi) is 3.96. The van der Waals surface area contributed by atoms with Crippen molar-refractivity contribution in [2.75, 3.05) is 0 Å². The second-order valence-corrected chi connectivity index (χ2v) is 6.50. The van der Waals surface area contributed by atoms with Crippen molar-refractivity contribution in [3.63, 3.8) is 0 Å². The molecule has 1 aromatic carbocycles. The van der Waals surface area contributed by atoms with E-state index >= 15 is 0 Å². The molecular weight excluding hydrogens is 284 g/mol. The first kappa shape index (κ1) is 13.5. The van der Waals surface area contributed by atoms with Crippen LogP contribution in [0.15, 0.2) is 46.5 Å². The van der Waals surface area contributed by atoms with Crippen LogP contribution in [0.25, 0.3) is 11.3 Å². The molecule has 20 heavy (non-hydrogen) atoms. The number of aryl methyl sites for hydroxylation is 1. The van der Waals surface area contributed by atoms with Gasteiger partial charge in [0.2, 0.25) is 0 Å². The van der Waals surface area contributed by atoms with Crippen molar-refractivity contribution in [3.8, 4) is 11.3 Å². The number of nitrogens with two attached hydrogens (primary N) is 1. The van der Waals surface area contributed by atoms with Crippen LogP contribution in [-0.4, -0.2) is 4.98 Å². The van der Waals surface area contributed by atoms with Crippen molar-refractivity contribution in [1.82, 2.24) is 4.98 Å². The SMILES string of the molecule is Cc1cscc1C(N)Cc1nc(-c2ccccc2)cs1. The Morgan fingerprint density at radius 1 is 1.15 bits per heavy atom. The summed E-state index contributed by atoms with van der Waals surface area (Å²) in [6, 6.07) is 10.3. The van der Waals surface area contributed by atoms with Gasteiger partial charge in [0, 0.05) is 23.4 Å². The Balaban J connectivity index is 1.76. The van der Waals surface area contributed by atoms with Crippen LogP contribution in [0.4, 0.5) is 0 Å². The van der Waals surface area contributed by atoms with Crippen LogP contribution in [0.5, 0.6) is 0 Å². The molecule has 0 aliphatic rings. The second kappa shape index (κ2) is 5.87. The Morgan fingerprint density at radius 2 is 1.95 bits per heavy atom. The number of hydrogen-bond donors (Lipinski definition) is 1. The van der Waals surface area contributed by atoms with Crippen LogP contribution >= 0.6 is 22.7 Å². The van der Waals surface area contributed by atoms with Crippen molar-refractivity contribution in [1.29, 1.82) is 0 Å². The standard InChI is InChI=1S/C16H16N2S2/c1-11-8-19-9-13(11)14(17)7-16-18-15(10-20-16)12-5-3-2-4-6-12/h2-6,8-10,14H,7,17H2,1H3. The lowest BCUT2D eigenvalue weighted by Gasteiger charge is -2.09. The number of benzene rings is 1. The van der Waals surface area contributed by atoms with Crippen LogP contribution in [0.1, 0.15) is 22.2 Å². The average molecular weight is 300 g/mol. The van der Waals surface area contributed by atoms with Crippen LogP contribution in [0.3, 0.4) is 0 Å². The largest absolute Gasteiger partial charge is 0.324 e. The minimum Gasteiger partial charge on any atom is -0.324 e. The van der Waals surface area contributed by atoms with Gasteiger partial charge in [0.15, 0.2) is 0 Å². The number of thiophene rings is 1. The lowest BCUT2D eigenvalue weighted by atomic mass is 10.1. The molecule has 0 radical (unpaired) electrons. The van der Waals surface area contributed by atoms with Gasteiger partial charge in [-0.25, -0.2) is 4.98 Å².